The van der Waals surface area contributed by atoms with E-state index in [4.69, 9.17) is 4.42 Å². The second-order valence-corrected chi connectivity index (χ2v) is 5.56. The number of furan rings is 1. The van der Waals surface area contributed by atoms with Gasteiger partial charge >= 0.3 is 0 Å². The molecule has 84 valence electrons. The molecule has 2 aliphatic carbocycles. The van der Waals surface area contributed by atoms with Crippen molar-refractivity contribution in [3.05, 3.63) is 41.9 Å². The highest BCUT2D eigenvalue weighted by Crippen LogP contribution is 2.56. The molecule has 0 fully saturated rings. The van der Waals surface area contributed by atoms with Crippen LogP contribution in [-0.2, 0) is 5.41 Å². The molecule has 0 spiro atoms. The van der Waals surface area contributed by atoms with Crippen LogP contribution in [0.15, 0.2) is 35.0 Å². The standard InChI is InChI=1S/C15H18O/c1-11-5-4-8-15(3)13-12(7-10-16-13)6-9-14(11,15)2/h4,6-11H,5H2,1-3H3/t11-,14-,15-/m0/s1. The normalized spacial score (nSPS) is 40.6. The van der Waals surface area contributed by atoms with Gasteiger partial charge in [0.1, 0.15) is 5.76 Å². The van der Waals surface area contributed by atoms with Crippen molar-refractivity contribution in [3.63, 3.8) is 0 Å². The molecule has 0 amide bonds. The summed E-state index contributed by atoms with van der Waals surface area (Å²) in [5.74, 6) is 1.78. The van der Waals surface area contributed by atoms with E-state index < -0.39 is 0 Å². The molecule has 0 aliphatic heterocycles. The van der Waals surface area contributed by atoms with Crippen LogP contribution < -0.4 is 0 Å². The Balaban J connectivity index is 2.28. The third-order valence-corrected chi connectivity index (χ3v) is 4.86. The lowest BCUT2D eigenvalue weighted by atomic mass is 9.53. The molecule has 0 unspecified atom stereocenters. The van der Waals surface area contributed by atoms with Crippen LogP contribution in [-0.4, -0.2) is 0 Å². The molecule has 1 heterocycles. The minimum Gasteiger partial charge on any atom is -0.468 e. The van der Waals surface area contributed by atoms with Crippen LogP contribution in [0, 0.1) is 11.3 Å². The van der Waals surface area contributed by atoms with Gasteiger partial charge < -0.3 is 4.42 Å². The summed E-state index contributed by atoms with van der Waals surface area (Å²) >= 11 is 0. The van der Waals surface area contributed by atoms with Crippen molar-refractivity contribution in [2.24, 2.45) is 11.3 Å². The van der Waals surface area contributed by atoms with Gasteiger partial charge in [-0.1, -0.05) is 38.2 Å². The van der Waals surface area contributed by atoms with Gasteiger partial charge in [-0.3, -0.25) is 0 Å². The van der Waals surface area contributed by atoms with Crippen molar-refractivity contribution >= 4 is 6.08 Å². The Morgan fingerprint density at radius 2 is 2.12 bits per heavy atom. The fourth-order valence-electron chi connectivity index (χ4n) is 3.24. The molecule has 0 radical (unpaired) electrons. The molecule has 3 rings (SSSR count). The molecule has 0 aromatic carbocycles. The van der Waals surface area contributed by atoms with Crippen molar-refractivity contribution in [1.29, 1.82) is 0 Å². The van der Waals surface area contributed by atoms with Crippen molar-refractivity contribution < 1.29 is 4.42 Å². The molecule has 1 heteroatoms. The van der Waals surface area contributed by atoms with E-state index in [1.807, 2.05) is 0 Å². The second kappa shape index (κ2) is 2.91. The summed E-state index contributed by atoms with van der Waals surface area (Å²) in [5, 5.41) is 0. The molecule has 0 N–H and O–H groups in total. The van der Waals surface area contributed by atoms with E-state index >= 15 is 0 Å². The van der Waals surface area contributed by atoms with Crippen molar-refractivity contribution in [1.82, 2.24) is 0 Å². The lowest BCUT2D eigenvalue weighted by Crippen LogP contribution is -2.46. The van der Waals surface area contributed by atoms with E-state index in [-0.39, 0.29) is 10.8 Å². The van der Waals surface area contributed by atoms with Gasteiger partial charge in [-0.05, 0) is 25.3 Å². The number of fused-ring (bicyclic) bond motifs is 3. The zero-order valence-corrected chi connectivity index (χ0v) is 10.2. The SMILES string of the molecule is C[C@H]1CC=C[C@@]2(C)c3occc3C=C[C@@]12C. The first-order valence-corrected chi connectivity index (χ1v) is 6.03. The van der Waals surface area contributed by atoms with Crippen molar-refractivity contribution in [2.75, 3.05) is 0 Å². The van der Waals surface area contributed by atoms with Crippen LogP contribution in [0.4, 0.5) is 0 Å². The molecule has 3 atom stereocenters. The monoisotopic (exact) mass is 214 g/mol. The molecule has 2 aliphatic rings. The largest absolute Gasteiger partial charge is 0.468 e. The summed E-state index contributed by atoms with van der Waals surface area (Å²) < 4.78 is 5.74. The first-order chi connectivity index (χ1) is 7.58. The van der Waals surface area contributed by atoms with Gasteiger partial charge in [-0.25, -0.2) is 0 Å². The number of hydrogen-bond donors (Lipinski definition) is 0. The van der Waals surface area contributed by atoms with Gasteiger partial charge in [0.15, 0.2) is 0 Å². The maximum absolute atomic E-state index is 5.74. The predicted octanol–water partition coefficient (Wildman–Crippen LogP) is 4.17. The lowest BCUT2D eigenvalue weighted by molar-refractivity contribution is 0.140. The molecule has 1 aromatic rings. The topological polar surface area (TPSA) is 13.1 Å². The minimum atomic E-state index is 0.0122. The molecule has 0 saturated carbocycles. The molecule has 1 nitrogen and oxygen atoms in total. The third-order valence-electron chi connectivity index (χ3n) is 4.86. The van der Waals surface area contributed by atoms with E-state index in [2.05, 4.69) is 51.1 Å². The van der Waals surface area contributed by atoms with Gasteiger partial charge in [0.2, 0.25) is 0 Å². The Morgan fingerprint density at radius 1 is 1.31 bits per heavy atom. The summed E-state index contributed by atoms with van der Waals surface area (Å²) in [6, 6.07) is 2.06. The van der Waals surface area contributed by atoms with E-state index in [9.17, 15) is 0 Å². The van der Waals surface area contributed by atoms with Gasteiger partial charge in [-0.15, -0.1) is 0 Å². The zero-order valence-electron chi connectivity index (χ0n) is 10.2. The van der Waals surface area contributed by atoms with Gasteiger partial charge in [0.05, 0.1) is 11.7 Å². The second-order valence-electron chi connectivity index (χ2n) is 5.56. The summed E-state index contributed by atoms with van der Waals surface area (Å²) in [7, 11) is 0. The Morgan fingerprint density at radius 3 is 2.94 bits per heavy atom. The van der Waals surface area contributed by atoms with Crippen LogP contribution >= 0.6 is 0 Å². The highest BCUT2D eigenvalue weighted by Gasteiger charge is 2.51. The van der Waals surface area contributed by atoms with Gasteiger partial charge in [0.25, 0.3) is 0 Å². The Kier molecular flexibility index (Phi) is 1.81. The summed E-state index contributed by atoms with van der Waals surface area (Å²) in [6.07, 6.45) is 12.2. The van der Waals surface area contributed by atoms with Crippen molar-refractivity contribution in [2.45, 2.75) is 32.6 Å². The Bertz CT molecular complexity index is 479. The summed E-state index contributed by atoms with van der Waals surface area (Å²) in [6.45, 7) is 6.98. The molecule has 16 heavy (non-hydrogen) atoms. The Hall–Kier alpha value is -1.24. The fraction of sp³-hybridized carbons (Fsp3) is 0.467. The van der Waals surface area contributed by atoms with E-state index in [0.717, 1.165) is 12.2 Å². The highest BCUT2D eigenvalue weighted by molar-refractivity contribution is 5.60. The van der Waals surface area contributed by atoms with Crippen LogP contribution in [0.2, 0.25) is 0 Å². The number of hydrogen-bond acceptors (Lipinski definition) is 1. The van der Waals surface area contributed by atoms with Crippen LogP contribution in [0.3, 0.4) is 0 Å². The minimum absolute atomic E-state index is 0.0122. The molecular formula is C15H18O. The van der Waals surface area contributed by atoms with Gasteiger partial charge in [-0.2, -0.15) is 0 Å². The quantitative estimate of drug-likeness (QED) is 0.591. The van der Waals surface area contributed by atoms with Crippen LogP contribution in [0.25, 0.3) is 6.08 Å². The number of rotatable bonds is 0. The molecular weight excluding hydrogens is 196 g/mol. The average Bonchev–Trinajstić information content (AvgIpc) is 2.71. The van der Waals surface area contributed by atoms with Gasteiger partial charge in [0, 0.05) is 11.0 Å². The Labute approximate surface area is 96.8 Å². The van der Waals surface area contributed by atoms with Crippen LogP contribution in [0.5, 0.6) is 0 Å². The number of allylic oxidation sites excluding steroid dienone is 3. The molecule has 0 saturated heterocycles. The summed E-state index contributed by atoms with van der Waals surface area (Å²) in [4.78, 5) is 0. The van der Waals surface area contributed by atoms with E-state index in [1.54, 1.807) is 6.26 Å². The lowest BCUT2D eigenvalue weighted by Gasteiger charge is -2.50. The van der Waals surface area contributed by atoms with Crippen LogP contribution in [0.1, 0.15) is 38.5 Å². The highest BCUT2D eigenvalue weighted by atomic mass is 16.3. The average molecular weight is 214 g/mol. The van der Waals surface area contributed by atoms with E-state index in [1.165, 1.54) is 5.56 Å². The maximum atomic E-state index is 5.74. The zero-order chi connectivity index (χ0) is 11.4. The first kappa shape index (κ1) is 9.95. The summed E-state index contributed by atoms with van der Waals surface area (Å²) in [5.41, 5.74) is 1.42. The fourth-order valence-corrected chi connectivity index (χ4v) is 3.24. The molecule has 1 aromatic heterocycles. The maximum Gasteiger partial charge on any atom is 0.121 e. The van der Waals surface area contributed by atoms with Crippen molar-refractivity contribution in [3.8, 4) is 0 Å². The predicted molar refractivity (Wildman–Crippen MR) is 66.1 cm³/mol. The third kappa shape index (κ3) is 0.965. The molecule has 0 bridgehead atoms. The van der Waals surface area contributed by atoms with E-state index in [0.29, 0.717) is 5.92 Å². The smallest absolute Gasteiger partial charge is 0.121 e. The first-order valence-electron chi connectivity index (χ1n) is 6.03.